The van der Waals surface area contributed by atoms with Gasteiger partial charge in [-0.25, -0.2) is 13.2 Å². The Balaban J connectivity index is 1.32. The maximum absolute atomic E-state index is 14.1. The van der Waals surface area contributed by atoms with Crippen LogP contribution in [0.3, 0.4) is 0 Å². The normalized spacial score (nSPS) is 18.2. The summed E-state index contributed by atoms with van der Waals surface area (Å²) in [6.07, 6.45) is 3.51. The van der Waals surface area contributed by atoms with Crippen LogP contribution in [0.25, 0.3) is 0 Å². The van der Waals surface area contributed by atoms with E-state index in [4.69, 9.17) is 0 Å². The molecule has 0 aliphatic carbocycles. The van der Waals surface area contributed by atoms with Crippen molar-refractivity contribution in [2.45, 2.75) is 44.1 Å². The molecule has 8 heteroatoms. The lowest BCUT2D eigenvalue weighted by atomic mass is 9.89. The van der Waals surface area contributed by atoms with E-state index in [9.17, 15) is 22.8 Å². The fourth-order valence-electron chi connectivity index (χ4n) is 5.20. The lowest BCUT2D eigenvalue weighted by Crippen LogP contribution is -2.43. The van der Waals surface area contributed by atoms with Gasteiger partial charge in [0.15, 0.2) is 11.6 Å². The van der Waals surface area contributed by atoms with Crippen molar-refractivity contribution in [1.82, 2.24) is 14.7 Å². The standard InChI is InChI=1S/C27H32F3N3O2/c1-31(13-5-14-32-16-11-19(12-17-32)21-6-2-3-7-22(21)28)27(35)26(33-15-4-8-25(33)34)20-9-10-23(29)24(30)18-20/h2-3,6-7,9-10,18-19,26H,4-5,8,11-17H2,1H3. The van der Waals surface area contributed by atoms with Gasteiger partial charge in [0, 0.05) is 26.6 Å². The maximum atomic E-state index is 14.1. The second kappa shape index (κ2) is 11.2. The van der Waals surface area contributed by atoms with Gasteiger partial charge in [0.2, 0.25) is 11.8 Å². The number of likely N-dealkylation sites (N-methyl/N-ethyl adjacent to an activating group) is 1. The third-order valence-electron chi connectivity index (χ3n) is 7.19. The Morgan fingerprint density at radius 3 is 2.43 bits per heavy atom. The Labute approximate surface area is 204 Å². The minimum atomic E-state index is -1.03. The smallest absolute Gasteiger partial charge is 0.249 e. The van der Waals surface area contributed by atoms with Gasteiger partial charge >= 0.3 is 0 Å². The molecular weight excluding hydrogens is 455 g/mol. The first-order valence-electron chi connectivity index (χ1n) is 12.3. The van der Waals surface area contributed by atoms with Crippen molar-refractivity contribution in [1.29, 1.82) is 0 Å². The summed E-state index contributed by atoms with van der Waals surface area (Å²) in [4.78, 5) is 31.1. The molecule has 0 radical (unpaired) electrons. The SMILES string of the molecule is CN(CCCN1CCC(c2ccccc2F)CC1)C(=O)C(c1ccc(F)c(F)c1)N1CCCC1=O. The molecule has 2 amide bonds. The van der Waals surface area contributed by atoms with Crippen molar-refractivity contribution in [3.05, 3.63) is 71.0 Å². The Morgan fingerprint density at radius 1 is 1.03 bits per heavy atom. The molecule has 0 spiro atoms. The second-order valence-corrected chi connectivity index (χ2v) is 9.52. The van der Waals surface area contributed by atoms with Crippen molar-refractivity contribution in [2.75, 3.05) is 39.8 Å². The van der Waals surface area contributed by atoms with Crippen LogP contribution in [0.15, 0.2) is 42.5 Å². The van der Waals surface area contributed by atoms with Gasteiger partial charge < -0.3 is 14.7 Å². The highest BCUT2D eigenvalue weighted by atomic mass is 19.2. The van der Waals surface area contributed by atoms with Crippen molar-refractivity contribution in [2.24, 2.45) is 0 Å². The molecule has 0 N–H and O–H groups in total. The van der Waals surface area contributed by atoms with E-state index in [1.807, 2.05) is 12.1 Å². The molecule has 2 aromatic rings. The van der Waals surface area contributed by atoms with E-state index < -0.39 is 17.7 Å². The Hall–Kier alpha value is -2.87. The number of halogens is 3. The molecule has 0 aromatic heterocycles. The summed E-state index contributed by atoms with van der Waals surface area (Å²) in [5.41, 5.74) is 1.07. The number of carbonyl (C=O) groups excluding carboxylic acids is 2. The lowest BCUT2D eigenvalue weighted by molar-refractivity contribution is -0.143. The highest BCUT2D eigenvalue weighted by Gasteiger charge is 2.36. The van der Waals surface area contributed by atoms with Gasteiger partial charge in [0.25, 0.3) is 0 Å². The summed E-state index contributed by atoms with van der Waals surface area (Å²) in [6.45, 7) is 3.44. The Kier molecular flexibility index (Phi) is 8.11. The van der Waals surface area contributed by atoms with E-state index in [2.05, 4.69) is 4.90 Å². The number of benzene rings is 2. The summed E-state index contributed by atoms with van der Waals surface area (Å²) in [7, 11) is 1.68. The average molecular weight is 488 g/mol. The molecule has 4 rings (SSSR count). The molecule has 35 heavy (non-hydrogen) atoms. The minimum Gasteiger partial charge on any atom is -0.344 e. The van der Waals surface area contributed by atoms with E-state index >= 15 is 0 Å². The lowest BCUT2D eigenvalue weighted by Gasteiger charge is -2.33. The number of nitrogens with zero attached hydrogens (tertiary/aromatic N) is 3. The number of rotatable bonds is 8. The molecule has 2 aromatic carbocycles. The molecule has 2 aliphatic rings. The van der Waals surface area contributed by atoms with E-state index in [0.717, 1.165) is 56.6 Å². The van der Waals surface area contributed by atoms with Crippen LogP contribution >= 0.6 is 0 Å². The molecule has 2 aliphatic heterocycles. The zero-order valence-electron chi connectivity index (χ0n) is 20.1. The first kappa shape index (κ1) is 25.2. The first-order valence-corrected chi connectivity index (χ1v) is 12.3. The third-order valence-corrected chi connectivity index (χ3v) is 7.19. The van der Waals surface area contributed by atoms with Crippen LogP contribution in [0.4, 0.5) is 13.2 Å². The number of hydrogen-bond donors (Lipinski definition) is 0. The summed E-state index contributed by atoms with van der Waals surface area (Å²) in [5.74, 6) is -2.39. The second-order valence-electron chi connectivity index (χ2n) is 9.52. The van der Waals surface area contributed by atoms with Crippen LogP contribution in [0, 0.1) is 17.5 Å². The highest BCUT2D eigenvalue weighted by Crippen LogP contribution is 2.31. The molecular formula is C27H32F3N3O2. The topological polar surface area (TPSA) is 43.9 Å². The van der Waals surface area contributed by atoms with Crippen LogP contribution < -0.4 is 0 Å². The number of amides is 2. The van der Waals surface area contributed by atoms with Crippen molar-refractivity contribution in [3.8, 4) is 0 Å². The van der Waals surface area contributed by atoms with Gasteiger partial charge in [0.1, 0.15) is 11.9 Å². The number of hydrogen-bond acceptors (Lipinski definition) is 3. The van der Waals surface area contributed by atoms with Gasteiger partial charge in [-0.3, -0.25) is 9.59 Å². The summed E-state index contributed by atoms with van der Waals surface area (Å²) in [5, 5.41) is 0. The van der Waals surface area contributed by atoms with Crippen LogP contribution in [-0.4, -0.2) is 66.3 Å². The first-order chi connectivity index (χ1) is 16.8. The van der Waals surface area contributed by atoms with Gasteiger partial charge in [-0.15, -0.1) is 0 Å². The average Bonchev–Trinajstić information content (AvgIpc) is 3.27. The van der Waals surface area contributed by atoms with E-state index in [-0.39, 0.29) is 29.1 Å². The van der Waals surface area contributed by atoms with E-state index in [1.165, 1.54) is 17.0 Å². The molecule has 0 saturated carbocycles. The predicted octanol–water partition coefficient (Wildman–Crippen LogP) is 4.50. The molecule has 2 heterocycles. The Bertz CT molecular complexity index is 1060. The molecule has 188 valence electrons. The largest absolute Gasteiger partial charge is 0.344 e. The fraction of sp³-hybridized carbons (Fsp3) is 0.481. The van der Waals surface area contributed by atoms with Crippen LogP contribution in [0.5, 0.6) is 0 Å². The molecule has 2 saturated heterocycles. The number of piperidine rings is 1. The van der Waals surface area contributed by atoms with Crippen molar-refractivity contribution >= 4 is 11.8 Å². The van der Waals surface area contributed by atoms with Gasteiger partial charge in [-0.1, -0.05) is 24.3 Å². The summed E-state index contributed by atoms with van der Waals surface area (Å²) in [6, 6.07) is 9.39. The quantitative estimate of drug-likeness (QED) is 0.551. The van der Waals surface area contributed by atoms with Crippen LogP contribution in [0.1, 0.15) is 55.2 Å². The van der Waals surface area contributed by atoms with Crippen LogP contribution in [0.2, 0.25) is 0 Å². The van der Waals surface area contributed by atoms with E-state index in [1.54, 1.807) is 18.0 Å². The molecule has 2 fully saturated rings. The molecule has 1 atom stereocenters. The van der Waals surface area contributed by atoms with Crippen molar-refractivity contribution in [3.63, 3.8) is 0 Å². The van der Waals surface area contributed by atoms with Crippen molar-refractivity contribution < 1.29 is 22.8 Å². The zero-order valence-corrected chi connectivity index (χ0v) is 20.1. The van der Waals surface area contributed by atoms with Gasteiger partial charge in [0.05, 0.1) is 0 Å². The highest BCUT2D eigenvalue weighted by molar-refractivity contribution is 5.89. The van der Waals surface area contributed by atoms with Gasteiger partial charge in [-0.2, -0.15) is 0 Å². The molecule has 0 bridgehead atoms. The third kappa shape index (κ3) is 5.86. The summed E-state index contributed by atoms with van der Waals surface area (Å²) < 4.78 is 41.5. The monoisotopic (exact) mass is 487 g/mol. The molecule has 1 unspecified atom stereocenters. The van der Waals surface area contributed by atoms with Crippen LogP contribution in [-0.2, 0) is 9.59 Å². The predicted molar refractivity (Wildman–Crippen MR) is 127 cm³/mol. The van der Waals surface area contributed by atoms with E-state index in [0.29, 0.717) is 25.9 Å². The number of likely N-dealkylation sites (tertiary alicyclic amines) is 2. The fourth-order valence-corrected chi connectivity index (χ4v) is 5.20. The van der Waals surface area contributed by atoms with Gasteiger partial charge in [-0.05, 0) is 80.6 Å². The zero-order chi connectivity index (χ0) is 24.9. The summed E-state index contributed by atoms with van der Waals surface area (Å²) >= 11 is 0. The molecule has 5 nitrogen and oxygen atoms in total. The Morgan fingerprint density at radius 2 is 1.77 bits per heavy atom. The number of carbonyl (C=O) groups is 2. The minimum absolute atomic E-state index is 0.141. The maximum Gasteiger partial charge on any atom is 0.249 e.